The molecule has 0 saturated carbocycles. The molecule has 20 heavy (non-hydrogen) atoms. The number of carbonyl (C=O) groups excluding carboxylic acids is 2. The summed E-state index contributed by atoms with van der Waals surface area (Å²) in [5, 5.41) is 13.2. The lowest BCUT2D eigenvalue weighted by Gasteiger charge is -2.07. The van der Waals surface area contributed by atoms with E-state index in [0.29, 0.717) is 11.3 Å². The van der Waals surface area contributed by atoms with E-state index in [4.69, 9.17) is 0 Å². The van der Waals surface area contributed by atoms with Crippen LogP contribution in [0, 0.1) is 5.82 Å². The summed E-state index contributed by atoms with van der Waals surface area (Å²) in [6.45, 7) is 0. The van der Waals surface area contributed by atoms with Gasteiger partial charge in [0.15, 0.2) is 0 Å². The Labute approximate surface area is 114 Å². The quantitative estimate of drug-likeness (QED) is 0.914. The van der Waals surface area contributed by atoms with Crippen LogP contribution in [0.25, 0.3) is 0 Å². The van der Waals surface area contributed by atoms with Gasteiger partial charge in [-0.25, -0.2) is 4.39 Å². The molecule has 2 aromatic rings. The van der Waals surface area contributed by atoms with Gasteiger partial charge in [0, 0.05) is 5.69 Å². The first-order valence-corrected chi connectivity index (χ1v) is 5.90. The van der Waals surface area contributed by atoms with Crippen LogP contribution in [0.3, 0.4) is 0 Å². The summed E-state index contributed by atoms with van der Waals surface area (Å²) in [6.07, 6.45) is 0.114. The van der Waals surface area contributed by atoms with Crippen LogP contribution in [0.2, 0.25) is 0 Å². The Kier molecular flexibility index (Phi) is 4.10. The standard InChI is InChI=1S/C15H12FNO3/c16-12-5-1-10(2-6-12)9-14(18)17-13-7-3-11(4-8-13)15(19)20/h1-8H,9H2,(H,17,18)(H,19,20)/p-1. The Morgan fingerprint density at radius 3 is 2.15 bits per heavy atom. The molecule has 0 aliphatic heterocycles. The van der Waals surface area contributed by atoms with Crippen LogP contribution in [0.4, 0.5) is 10.1 Å². The van der Waals surface area contributed by atoms with Crippen molar-refractivity contribution in [3.8, 4) is 0 Å². The predicted molar refractivity (Wildman–Crippen MR) is 69.5 cm³/mol. The van der Waals surface area contributed by atoms with E-state index in [0.717, 1.165) is 0 Å². The molecule has 0 aliphatic rings. The monoisotopic (exact) mass is 272 g/mol. The van der Waals surface area contributed by atoms with Crippen molar-refractivity contribution in [2.45, 2.75) is 6.42 Å². The average Bonchev–Trinajstić information content (AvgIpc) is 2.42. The maximum Gasteiger partial charge on any atom is 0.228 e. The summed E-state index contributed by atoms with van der Waals surface area (Å²) in [7, 11) is 0. The Bertz CT molecular complexity index is 621. The zero-order chi connectivity index (χ0) is 14.5. The Balaban J connectivity index is 1.97. The number of carbonyl (C=O) groups is 2. The summed E-state index contributed by atoms with van der Waals surface area (Å²) in [5.74, 6) is -1.89. The van der Waals surface area contributed by atoms with Crippen molar-refractivity contribution < 1.29 is 19.1 Å². The molecule has 0 unspecified atom stereocenters. The van der Waals surface area contributed by atoms with Gasteiger partial charge in [0.25, 0.3) is 0 Å². The number of benzene rings is 2. The van der Waals surface area contributed by atoms with E-state index in [-0.39, 0.29) is 23.7 Å². The smallest absolute Gasteiger partial charge is 0.228 e. The third-order valence-electron chi connectivity index (χ3n) is 2.68. The number of carboxylic acid groups (broad SMARTS) is 1. The number of amides is 1. The van der Waals surface area contributed by atoms with Crippen LogP contribution in [-0.4, -0.2) is 11.9 Å². The molecule has 1 N–H and O–H groups in total. The van der Waals surface area contributed by atoms with Crippen molar-refractivity contribution in [2.75, 3.05) is 5.32 Å². The fourth-order valence-corrected chi connectivity index (χ4v) is 1.68. The second-order valence-corrected chi connectivity index (χ2v) is 4.22. The Hall–Kier alpha value is -2.69. The zero-order valence-corrected chi connectivity index (χ0v) is 10.4. The van der Waals surface area contributed by atoms with Gasteiger partial charge in [-0.2, -0.15) is 0 Å². The molecule has 0 heterocycles. The highest BCUT2D eigenvalue weighted by atomic mass is 19.1. The molecule has 0 atom stereocenters. The molecule has 1 amide bonds. The second-order valence-electron chi connectivity index (χ2n) is 4.22. The fraction of sp³-hybridized carbons (Fsp3) is 0.0667. The zero-order valence-electron chi connectivity index (χ0n) is 10.4. The van der Waals surface area contributed by atoms with E-state index < -0.39 is 5.97 Å². The SMILES string of the molecule is O=C(Cc1ccc(F)cc1)Nc1ccc(C(=O)[O-])cc1. The summed E-state index contributed by atoms with van der Waals surface area (Å²) in [6, 6.07) is 11.3. The topological polar surface area (TPSA) is 69.2 Å². The van der Waals surface area contributed by atoms with E-state index in [9.17, 15) is 19.1 Å². The van der Waals surface area contributed by atoms with Gasteiger partial charge < -0.3 is 15.2 Å². The first-order valence-electron chi connectivity index (χ1n) is 5.90. The summed E-state index contributed by atoms with van der Waals surface area (Å²) < 4.78 is 12.7. The molecule has 0 saturated heterocycles. The van der Waals surface area contributed by atoms with Gasteiger partial charge in [-0.1, -0.05) is 24.3 Å². The highest BCUT2D eigenvalue weighted by Gasteiger charge is 2.04. The van der Waals surface area contributed by atoms with E-state index in [1.54, 1.807) is 0 Å². The van der Waals surface area contributed by atoms with Crippen molar-refractivity contribution in [1.29, 1.82) is 0 Å². The number of hydrogen-bond acceptors (Lipinski definition) is 3. The van der Waals surface area contributed by atoms with Crippen LogP contribution in [0.15, 0.2) is 48.5 Å². The molecular formula is C15H11FNO3-. The highest BCUT2D eigenvalue weighted by molar-refractivity contribution is 5.93. The van der Waals surface area contributed by atoms with Crippen LogP contribution >= 0.6 is 0 Å². The van der Waals surface area contributed by atoms with Gasteiger partial charge in [0.1, 0.15) is 5.82 Å². The maximum absolute atomic E-state index is 12.7. The number of anilines is 1. The number of halogens is 1. The first kappa shape index (κ1) is 13.7. The first-order chi connectivity index (χ1) is 9.54. The van der Waals surface area contributed by atoms with Gasteiger partial charge in [-0.3, -0.25) is 4.79 Å². The summed E-state index contributed by atoms with van der Waals surface area (Å²) in [5.41, 5.74) is 1.22. The molecule has 0 spiro atoms. The number of carboxylic acids is 1. The lowest BCUT2D eigenvalue weighted by Crippen LogP contribution is -2.22. The molecule has 4 nitrogen and oxygen atoms in total. The molecule has 0 aliphatic carbocycles. The summed E-state index contributed by atoms with van der Waals surface area (Å²) >= 11 is 0. The summed E-state index contributed by atoms with van der Waals surface area (Å²) in [4.78, 5) is 22.3. The Morgan fingerprint density at radius 1 is 1.00 bits per heavy atom. The van der Waals surface area contributed by atoms with Crippen LogP contribution in [-0.2, 0) is 11.2 Å². The van der Waals surface area contributed by atoms with E-state index >= 15 is 0 Å². The largest absolute Gasteiger partial charge is 0.545 e. The minimum Gasteiger partial charge on any atom is -0.545 e. The van der Waals surface area contributed by atoms with Gasteiger partial charge in [0.05, 0.1) is 12.4 Å². The molecule has 0 fully saturated rings. The number of nitrogens with one attached hydrogen (secondary N) is 1. The van der Waals surface area contributed by atoms with Crippen molar-refractivity contribution in [2.24, 2.45) is 0 Å². The van der Waals surface area contributed by atoms with Gasteiger partial charge in [-0.15, -0.1) is 0 Å². The van der Waals surface area contributed by atoms with Crippen LogP contribution < -0.4 is 10.4 Å². The van der Waals surface area contributed by atoms with Gasteiger partial charge in [-0.05, 0) is 35.4 Å². The maximum atomic E-state index is 12.7. The molecule has 2 aromatic carbocycles. The minimum atomic E-state index is -1.27. The van der Waals surface area contributed by atoms with Crippen molar-refractivity contribution >= 4 is 17.6 Å². The van der Waals surface area contributed by atoms with Crippen molar-refractivity contribution in [1.82, 2.24) is 0 Å². The minimum absolute atomic E-state index is 0.0431. The molecule has 5 heteroatoms. The third kappa shape index (κ3) is 3.65. The molecule has 0 aromatic heterocycles. The van der Waals surface area contributed by atoms with Gasteiger partial charge >= 0.3 is 0 Å². The predicted octanol–water partition coefficient (Wildman–Crippen LogP) is 1.37. The van der Waals surface area contributed by atoms with Gasteiger partial charge in [0.2, 0.25) is 5.91 Å². The normalized spacial score (nSPS) is 10.1. The molecule has 2 rings (SSSR count). The molecule has 0 radical (unpaired) electrons. The third-order valence-corrected chi connectivity index (χ3v) is 2.68. The van der Waals surface area contributed by atoms with E-state index in [1.807, 2.05) is 0 Å². The number of hydrogen-bond donors (Lipinski definition) is 1. The average molecular weight is 272 g/mol. The van der Waals surface area contributed by atoms with Crippen molar-refractivity contribution in [3.63, 3.8) is 0 Å². The number of aromatic carboxylic acids is 1. The molecule has 102 valence electrons. The lowest BCUT2D eigenvalue weighted by atomic mass is 10.1. The van der Waals surface area contributed by atoms with E-state index in [2.05, 4.69) is 5.32 Å². The Morgan fingerprint density at radius 2 is 1.60 bits per heavy atom. The van der Waals surface area contributed by atoms with Crippen LogP contribution in [0.5, 0.6) is 0 Å². The lowest BCUT2D eigenvalue weighted by molar-refractivity contribution is -0.255. The fourth-order valence-electron chi connectivity index (χ4n) is 1.68. The molecular weight excluding hydrogens is 261 g/mol. The highest BCUT2D eigenvalue weighted by Crippen LogP contribution is 2.10. The van der Waals surface area contributed by atoms with E-state index in [1.165, 1.54) is 48.5 Å². The van der Waals surface area contributed by atoms with Crippen LogP contribution in [0.1, 0.15) is 15.9 Å². The second kappa shape index (κ2) is 5.97. The van der Waals surface area contributed by atoms with Crippen molar-refractivity contribution in [3.05, 3.63) is 65.5 Å². The molecule has 0 bridgehead atoms. The number of rotatable bonds is 4.